The van der Waals surface area contributed by atoms with Crippen LogP contribution in [-0.4, -0.2) is 23.0 Å². The molecule has 0 saturated carbocycles. The van der Waals surface area contributed by atoms with Crippen molar-refractivity contribution >= 4 is 0 Å². The van der Waals surface area contributed by atoms with Crippen molar-refractivity contribution in [3.05, 3.63) is 57.5 Å². The van der Waals surface area contributed by atoms with Gasteiger partial charge in [0.15, 0.2) is 0 Å². The summed E-state index contributed by atoms with van der Waals surface area (Å²) in [7, 11) is 0. The van der Waals surface area contributed by atoms with Crippen molar-refractivity contribution in [2.24, 2.45) is 0 Å². The number of nitrogens with zero attached hydrogens (tertiary/aromatic N) is 2. The molecule has 0 fully saturated rings. The first kappa shape index (κ1) is 18.0. The third-order valence-corrected chi connectivity index (χ3v) is 4.03. The van der Waals surface area contributed by atoms with Crippen LogP contribution >= 0.6 is 0 Å². The summed E-state index contributed by atoms with van der Waals surface area (Å²) in [5, 5.41) is 9.27. The summed E-state index contributed by atoms with van der Waals surface area (Å²) in [6.07, 6.45) is 2.30. The van der Waals surface area contributed by atoms with Crippen LogP contribution in [-0.2, 0) is 6.54 Å². The Morgan fingerprint density at radius 2 is 1.75 bits per heavy atom. The van der Waals surface area contributed by atoms with Gasteiger partial charge in [0.05, 0.1) is 0 Å². The highest BCUT2D eigenvalue weighted by atomic mass is 16.1. The molecule has 0 saturated heterocycles. The molecule has 0 aliphatic heterocycles. The summed E-state index contributed by atoms with van der Waals surface area (Å²) in [6, 6.07) is 12.1. The maximum absolute atomic E-state index is 11.9. The summed E-state index contributed by atoms with van der Waals surface area (Å²) in [5.74, 6) is 0. The molecule has 126 valence electrons. The number of aromatic amines is 1. The first-order chi connectivity index (χ1) is 11.6. The zero-order valence-electron chi connectivity index (χ0n) is 14.7. The van der Waals surface area contributed by atoms with E-state index < -0.39 is 0 Å². The van der Waals surface area contributed by atoms with Gasteiger partial charge in [-0.1, -0.05) is 38.1 Å². The minimum Gasteiger partial charge on any atom is -0.325 e. The van der Waals surface area contributed by atoms with E-state index >= 15 is 0 Å². The quantitative estimate of drug-likeness (QED) is 0.842. The predicted molar refractivity (Wildman–Crippen MR) is 97.8 cm³/mol. The second kappa shape index (κ2) is 8.47. The highest BCUT2D eigenvalue weighted by molar-refractivity contribution is 5.70. The first-order valence-corrected chi connectivity index (χ1v) is 8.54. The number of rotatable bonds is 7. The van der Waals surface area contributed by atoms with E-state index in [-0.39, 0.29) is 11.1 Å². The molecule has 0 spiro atoms. The Balaban J connectivity index is 2.27. The molecule has 1 aromatic heterocycles. The van der Waals surface area contributed by atoms with Crippen molar-refractivity contribution in [3.8, 4) is 17.2 Å². The molecule has 4 nitrogen and oxygen atoms in total. The molecule has 0 atom stereocenters. The second-order valence-corrected chi connectivity index (χ2v) is 6.16. The maximum atomic E-state index is 11.9. The van der Waals surface area contributed by atoms with Crippen molar-refractivity contribution in [1.29, 1.82) is 5.26 Å². The number of pyridine rings is 1. The van der Waals surface area contributed by atoms with Crippen molar-refractivity contribution in [2.45, 2.75) is 40.2 Å². The van der Waals surface area contributed by atoms with Crippen molar-refractivity contribution in [2.75, 3.05) is 13.1 Å². The van der Waals surface area contributed by atoms with Crippen LogP contribution in [0.25, 0.3) is 11.1 Å². The number of hydrogen-bond donors (Lipinski definition) is 1. The molecule has 0 unspecified atom stereocenters. The van der Waals surface area contributed by atoms with Crippen molar-refractivity contribution in [3.63, 3.8) is 0 Å². The van der Waals surface area contributed by atoms with Gasteiger partial charge in [-0.05, 0) is 50.0 Å². The van der Waals surface area contributed by atoms with Gasteiger partial charge < -0.3 is 4.98 Å². The maximum Gasteiger partial charge on any atom is 0.266 e. The number of hydrogen-bond acceptors (Lipinski definition) is 3. The van der Waals surface area contributed by atoms with Crippen LogP contribution in [0.5, 0.6) is 0 Å². The van der Waals surface area contributed by atoms with Crippen LogP contribution in [0.1, 0.15) is 43.5 Å². The van der Waals surface area contributed by atoms with Crippen LogP contribution in [0.4, 0.5) is 0 Å². The third-order valence-electron chi connectivity index (χ3n) is 4.03. The van der Waals surface area contributed by atoms with Gasteiger partial charge in [-0.25, -0.2) is 0 Å². The molecule has 0 radical (unpaired) electrons. The van der Waals surface area contributed by atoms with Gasteiger partial charge in [0, 0.05) is 17.8 Å². The molecule has 1 aromatic carbocycles. The standard InChI is InChI=1S/C20H25N3O/c1-4-10-23(11-5-2)14-16-6-8-17(9-7-16)18-12-15(3)22-20(24)19(18)13-21/h6-9,12H,4-5,10-11,14H2,1-3H3,(H,22,24). The minimum atomic E-state index is -0.325. The Labute approximate surface area is 143 Å². The molecule has 0 aliphatic rings. The Morgan fingerprint density at radius 1 is 1.12 bits per heavy atom. The van der Waals surface area contributed by atoms with E-state index in [9.17, 15) is 10.1 Å². The molecule has 1 N–H and O–H groups in total. The predicted octanol–water partition coefficient (Wildman–Crippen LogP) is 3.84. The van der Waals surface area contributed by atoms with Crippen LogP contribution in [0, 0.1) is 18.3 Å². The number of aromatic nitrogens is 1. The Hall–Kier alpha value is -2.38. The third kappa shape index (κ3) is 4.33. The fourth-order valence-corrected chi connectivity index (χ4v) is 2.98. The molecule has 1 heterocycles. The normalized spacial score (nSPS) is 10.8. The molecule has 0 bridgehead atoms. The second-order valence-electron chi connectivity index (χ2n) is 6.16. The van der Waals surface area contributed by atoms with Crippen molar-refractivity contribution < 1.29 is 0 Å². The van der Waals surface area contributed by atoms with Gasteiger partial charge in [-0.3, -0.25) is 9.69 Å². The van der Waals surface area contributed by atoms with Gasteiger partial charge in [0.25, 0.3) is 5.56 Å². The molecule has 24 heavy (non-hydrogen) atoms. The highest BCUT2D eigenvalue weighted by Crippen LogP contribution is 2.22. The van der Waals surface area contributed by atoms with E-state index in [1.54, 1.807) is 0 Å². The van der Waals surface area contributed by atoms with Gasteiger partial charge in [-0.15, -0.1) is 0 Å². The number of benzene rings is 1. The summed E-state index contributed by atoms with van der Waals surface area (Å²) in [5.41, 5.74) is 3.46. The van der Waals surface area contributed by atoms with E-state index in [1.807, 2.05) is 31.2 Å². The Bertz CT molecular complexity index is 763. The van der Waals surface area contributed by atoms with Gasteiger partial charge in [0.2, 0.25) is 0 Å². The smallest absolute Gasteiger partial charge is 0.266 e. The Morgan fingerprint density at radius 3 is 2.29 bits per heavy atom. The Kier molecular flexibility index (Phi) is 6.34. The topological polar surface area (TPSA) is 59.9 Å². The molecule has 0 aliphatic carbocycles. The number of H-pyrrole nitrogens is 1. The minimum absolute atomic E-state index is 0.173. The molecular weight excluding hydrogens is 298 g/mol. The van der Waals surface area contributed by atoms with Crippen molar-refractivity contribution in [1.82, 2.24) is 9.88 Å². The van der Waals surface area contributed by atoms with E-state index in [0.717, 1.165) is 43.7 Å². The van der Waals surface area contributed by atoms with E-state index in [2.05, 4.69) is 35.9 Å². The lowest BCUT2D eigenvalue weighted by Crippen LogP contribution is -2.24. The van der Waals surface area contributed by atoms with E-state index in [4.69, 9.17) is 0 Å². The lowest BCUT2D eigenvalue weighted by atomic mass is 10.00. The molecule has 0 amide bonds. The zero-order chi connectivity index (χ0) is 17.5. The summed E-state index contributed by atoms with van der Waals surface area (Å²) >= 11 is 0. The first-order valence-electron chi connectivity index (χ1n) is 8.54. The van der Waals surface area contributed by atoms with Gasteiger partial charge >= 0.3 is 0 Å². The van der Waals surface area contributed by atoms with Crippen LogP contribution in [0.15, 0.2) is 35.1 Å². The SMILES string of the molecule is CCCN(CCC)Cc1ccc(-c2cc(C)[nH]c(=O)c2C#N)cc1. The monoisotopic (exact) mass is 323 g/mol. The fourth-order valence-electron chi connectivity index (χ4n) is 2.98. The lowest BCUT2D eigenvalue weighted by molar-refractivity contribution is 0.266. The van der Waals surface area contributed by atoms with Gasteiger partial charge in [-0.2, -0.15) is 5.26 Å². The van der Waals surface area contributed by atoms with Crippen LogP contribution in [0.3, 0.4) is 0 Å². The lowest BCUT2D eigenvalue weighted by Gasteiger charge is -2.21. The van der Waals surface area contributed by atoms with E-state index in [1.165, 1.54) is 5.56 Å². The number of nitriles is 1. The highest BCUT2D eigenvalue weighted by Gasteiger charge is 2.10. The summed E-state index contributed by atoms with van der Waals surface area (Å²) in [4.78, 5) is 17.1. The van der Waals surface area contributed by atoms with Crippen LogP contribution < -0.4 is 5.56 Å². The number of nitrogens with one attached hydrogen (secondary N) is 1. The molecular formula is C20H25N3O. The average Bonchev–Trinajstić information content (AvgIpc) is 2.55. The molecule has 4 heteroatoms. The average molecular weight is 323 g/mol. The summed E-state index contributed by atoms with van der Waals surface area (Å²) < 4.78 is 0. The van der Waals surface area contributed by atoms with Gasteiger partial charge in [0.1, 0.15) is 11.6 Å². The van der Waals surface area contributed by atoms with Crippen LogP contribution in [0.2, 0.25) is 0 Å². The fraction of sp³-hybridized carbons (Fsp3) is 0.400. The number of aryl methyl sites for hydroxylation is 1. The summed E-state index contributed by atoms with van der Waals surface area (Å²) in [6.45, 7) is 9.35. The molecule has 2 rings (SSSR count). The zero-order valence-corrected chi connectivity index (χ0v) is 14.7. The largest absolute Gasteiger partial charge is 0.325 e. The van der Waals surface area contributed by atoms with E-state index in [0.29, 0.717) is 5.56 Å². The molecule has 2 aromatic rings.